The molecule has 2 atom stereocenters. The van der Waals surface area contributed by atoms with Crippen LogP contribution >= 0.6 is 15.9 Å². The largest absolute Gasteiger partial charge is 0.329 e. The molecule has 2 aliphatic rings. The topological polar surface area (TPSA) is 57.7 Å². The van der Waals surface area contributed by atoms with E-state index in [-0.39, 0.29) is 29.6 Å². The summed E-state index contributed by atoms with van der Waals surface area (Å²) in [6.07, 6.45) is 0. The summed E-state index contributed by atoms with van der Waals surface area (Å²) < 4.78 is 25.5. The summed E-state index contributed by atoms with van der Waals surface area (Å²) in [5, 5.41) is 0. The number of sulfone groups is 1. The van der Waals surface area contributed by atoms with Gasteiger partial charge < -0.3 is 0 Å². The van der Waals surface area contributed by atoms with Gasteiger partial charge in [-0.25, -0.2) is 13.2 Å². The van der Waals surface area contributed by atoms with E-state index >= 15 is 0 Å². The average Bonchev–Trinajstić information content (AvgIpc) is 2.99. The molecule has 0 N–H and O–H groups in total. The van der Waals surface area contributed by atoms with Gasteiger partial charge in [-0.15, -0.1) is 0 Å². The molecule has 5 nitrogen and oxygen atoms in total. The summed E-state index contributed by atoms with van der Waals surface area (Å²) in [5.41, 5.74) is 2.45. The number of halogens is 1. The maximum atomic E-state index is 13.2. The SMILES string of the molecule is Cc1ccccc1N1C(=O)N(c2ccc(Br)cc2)[C@H]2CS(=O)(=O)C[C@@H]21. The Morgan fingerprint density at radius 3 is 2.20 bits per heavy atom. The number of para-hydroxylation sites is 1. The predicted molar refractivity (Wildman–Crippen MR) is 102 cm³/mol. The summed E-state index contributed by atoms with van der Waals surface area (Å²) >= 11 is 3.39. The fourth-order valence-corrected chi connectivity index (χ4v) is 5.91. The van der Waals surface area contributed by atoms with Gasteiger partial charge in [0.1, 0.15) is 0 Å². The first-order valence-corrected chi connectivity index (χ1v) is 10.6. The van der Waals surface area contributed by atoms with Gasteiger partial charge >= 0.3 is 6.03 Å². The van der Waals surface area contributed by atoms with Crippen LogP contribution in [0.25, 0.3) is 0 Å². The minimum absolute atomic E-state index is 0.00184. The first-order valence-electron chi connectivity index (χ1n) is 8.01. The van der Waals surface area contributed by atoms with Gasteiger partial charge in [-0.1, -0.05) is 34.1 Å². The van der Waals surface area contributed by atoms with Crippen molar-refractivity contribution < 1.29 is 13.2 Å². The standard InChI is InChI=1S/C18H17BrN2O3S/c1-12-4-2-3-5-15(12)21-17-11-25(23,24)10-16(17)20(18(21)22)14-8-6-13(19)7-9-14/h2-9,16-17H,10-11H2,1H3/t16-,17-/m0/s1. The molecule has 2 fully saturated rings. The van der Waals surface area contributed by atoms with Crippen molar-refractivity contribution in [3.8, 4) is 0 Å². The number of fused-ring (bicyclic) bond motifs is 1. The van der Waals surface area contributed by atoms with Crippen LogP contribution in [0, 0.1) is 6.92 Å². The molecule has 25 heavy (non-hydrogen) atoms. The minimum Gasteiger partial charge on any atom is -0.288 e. The lowest BCUT2D eigenvalue weighted by atomic mass is 10.1. The van der Waals surface area contributed by atoms with E-state index in [0.29, 0.717) is 0 Å². The minimum atomic E-state index is -3.18. The number of aryl methyl sites for hydroxylation is 1. The Hall–Kier alpha value is -1.86. The molecule has 2 saturated heterocycles. The highest BCUT2D eigenvalue weighted by atomic mass is 79.9. The maximum Gasteiger partial charge on any atom is 0.329 e. The van der Waals surface area contributed by atoms with Gasteiger partial charge in [0, 0.05) is 15.8 Å². The van der Waals surface area contributed by atoms with Crippen molar-refractivity contribution in [3.63, 3.8) is 0 Å². The van der Waals surface area contributed by atoms with E-state index in [1.54, 1.807) is 9.80 Å². The zero-order chi connectivity index (χ0) is 17.8. The summed E-state index contributed by atoms with van der Waals surface area (Å²) in [6, 6.07) is 14.1. The first kappa shape index (κ1) is 16.6. The Labute approximate surface area is 155 Å². The number of urea groups is 1. The van der Waals surface area contributed by atoms with Crippen molar-refractivity contribution >= 4 is 43.2 Å². The number of nitrogens with zero attached hydrogens (tertiary/aromatic N) is 2. The van der Waals surface area contributed by atoms with Crippen LogP contribution in [0.1, 0.15) is 5.56 Å². The highest BCUT2D eigenvalue weighted by molar-refractivity contribution is 9.10. The Morgan fingerprint density at radius 1 is 0.960 bits per heavy atom. The smallest absolute Gasteiger partial charge is 0.288 e. The first-order chi connectivity index (χ1) is 11.9. The highest BCUT2D eigenvalue weighted by Crippen LogP contribution is 2.39. The van der Waals surface area contributed by atoms with E-state index in [1.165, 1.54) is 0 Å². The molecule has 2 aliphatic heterocycles. The van der Waals surface area contributed by atoms with Gasteiger partial charge in [0.25, 0.3) is 0 Å². The molecule has 2 heterocycles. The van der Waals surface area contributed by atoms with Crippen LogP contribution < -0.4 is 9.80 Å². The molecular formula is C18H17BrN2O3S. The molecule has 130 valence electrons. The third-order valence-electron chi connectivity index (χ3n) is 4.85. The van der Waals surface area contributed by atoms with Gasteiger partial charge in [-0.05, 0) is 42.8 Å². The van der Waals surface area contributed by atoms with E-state index in [1.807, 2.05) is 55.5 Å². The van der Waals surface area contributed by atoms with Crippen LogP contribution in [-0.4, -0.2) is 38.0 Å². The van der Waals surface area contributed by atoms with Crippen molar-refractivity contribution in [2.45, 2.75) is 19.0 Å². The Balaban J connectivity index is 1.83. The summed E-state index contributed by atoms with van der Waals surface area (Å²) in [7, 11) is -3.18. The Morgan fingerprint density at radius 2 is 1.56 bits per heavy atom. The zero-order valence-corrected chi connectivity index (χ0v) is 16.0. The van der Waals surface area contributed by atoms with E-state index in [4.69, 9.17) is 0 Å². The summed E-state index contributed by atoms with van der Waals surface area (Å²) in [6.45, 7) is 1.93. The maximum absolute atomic E-state index is 13.2. The van der Waals surface area contributed by atoms with Gasteiger partial charge in [-0.3, -0.25) is 9.80 Å². The second-order valence-corrected chi connectivity index (χ2v) is 9.57. The molecule has 7 heteroatoms. The molecule has 0 radical (unpaired) electrons. The molecule has 0 unspecified atom stereocenters. The fourth-order valence-electron chi connectivity index (χ4n) is 3.72. The van der Waals surface area contributed by atoms with Gasteiger partial charge in [0.15, 0.2) is 9.84 Å². The van der Waals surface area contributed by atoms with E-state index in [0.717, 1.165) is 21.4 Å². The molecular weight excluding hydrogens is 404 g/mol. The zero-order valence-electron chi connectivity index (χ0n) is 13.6. The third kappa shape index (κ3) is 2.75. The average molecular weight is 421 g/mol. The summed E-state index contributed by atoms with van der Waals surface area (Å²) in [4.78, 5) is 16.5. The number of benzene rings is 2. The van der Waals surface area contributed by atoms with Gasteiger partial charge in [-0.2, -0.15) is 0 Å². The number of rotatable bonds is 2. The van der Waals surface area contributed by atoms with Crippen LogP contribution in [0.5, 0.6) is 0 Å². The molecule has 0 aliphatic carbocycles. The van der Waals surface area contributed by atoms with Crippen molar-refractivity contribution in [1.82, 2.24) is 0 Å². The number of hydrogen-bond donors (Lipinski definition) is 0. The normalized spacial score (nSPS) is 24.6. The van der Waals surface area contributed by atoms with Crippen molar-refractivity contribution in [3.05, 3.63) is 58.6 Å². The fraction of sp³-hybridized carbons (Fsp3) is 0.278. The number of carbonyl (C=O) groups excluding carboxylic acids is 1. The van der Waals surface area contributed by atoms with Gasteiger partial charge in [0.2, 0.25) is 0 Å². The van der Waals surface area contributed by atoms with Crippen LogP contribution in [0.15, 0.2) is 53.0 Å². The monoisotopic (exact) mass is 420 g/mol. The number of anilines is 2. The summed E-state index contributed by atoms with van der Waals surface area (Å²) in [5.74, 6) is 0.00657. The predicted octanol–water partition coefficient (Wildman–Crippen LogP) is 3.37. The van der Waals surface area contributed by atoms with E-state index in [2.05, 4.69) is 15.9 Å². The quantitative estimate of drug-likeness (QED) is 0.699. The highest BCUT2D eigenvalue weighted by Gasteiger charge is 2.54. The van der Waals surface area contributed by atoms with Crippen LogP contribution in [-0.2, 0) is 9.84 Å². The van der Waals surface area contributed by atoms with Crippen molar-refractivity contribution in [2.24, 2.45) is 0 Å². The molecule has 2 amide bonds. The number of carbonyl (C=O) groups is 1. The lowest BCUT2D eigenvalue weighted by Gasteiger charge is -2.24. The van der Waals surface area contributed by atoms with Crippen LogP contribution in [0.2, 0.25) is 0 Å². The molecule has 0 saturated carbocycles. The van der Waals surface area contributed by atoms with Crippen molar-refractivity contribution in [1.29, 1.82) is 0 Å². The molecule has 4 rings (SSSR count). The van der Waals surface area contributed by atoms with E-state index in [9.17, 15) is 13.2 Å². The van der Waals surface area contributed by atoms with E-state index < -0.39 is 9.84 Å². The Kier molecular flexibility index (Phi) is 3.88. The van der Waals surface area contributed by atoms with Crippen molar-refractivity contribution in [2.75, 3.05) is 21.3 Å². The lowest BCUT2D eigenvalue weighted by Crippen LogP contribution is -2.38. The second kappa shape index (κ2) is 5.85. The molecule has 2 aromatic rings. The third-order valence-corrected chi connectivity index (χ3v) is 7.08. The molecule has 0 spiro atoms. The Bertz CT molecular complexity index is 943. The number of hydrogen-bond acceptors (Lipinski definition) is 3. The molecule has 2 aromatic carbocycles. The van der Waals surface area contributed by atoms with Crippen LogP contribution in [0.4, 0.5) is 16.2 Å². The molecule has 0 aromatic heterocycles. The number of amides is 2. The lowest BCUT2D eigenvalue weighted by molar-refractivity contribution is 0.255. The van der Waals surface area contributed by atoms with Crippen LogP contribution in [0.3, 0.4) is 0 Å². The second-order valence-electron chi connectivity index (χ2n) is 6.50. The molecule has 0 bridgehead atoms. The van der Waals surface area contributed by atoms with Gasteiger partial charge in [0.05, 0.1) is 23.6 Å².